The van der Waals surface area contributed by atoms with Crippen LogP contribution in [0, 0.1) is 11.8 Å². The predicted molar refractivity (Wildman–Crippen MR) is 86.8 cm³/mol. The normalized spacial score (nSPS) is 22.0. The standard InChI is InChI=1S/C18H28N2O/c1-14-2-4-15(5-3-14)10-11-20-18(21)12-16-6-8-17(13-19)9-7-16/h6-9,14-15H,2-5,10-13,19H2,1H3,(H,20,21). The topological polar surface area (TPSA) is 55.1 Å². The first-order valence-corrected chi connectivity index (χ1v) is 8.22. The van der Waals surface area contributed by atoms with Crippen LogP contribution in [-0.2, 0) is 17.8 Å². The van der Waals surface area contributed by atoms with Crippen LogP contribution in [0.2, 0.25) is 0 Å². The van der Waals surface area contributed by atoms with Gasteiger partial charge in [0.05, 0.1) is 6.42 Å². The Bertz CT molecular complexity index is 433. The van der Waals surface area contributed by atoms with Gasteiger partial charge in [0, 0.05) is 13.1 Å². The fraction of sp³-hybridized carbons (Fsp3) is 0.611. The summed E-state index contributed by atoms with van der Waals surface area (Å²) in [6, 6.07) is 7.96. The molecule has 0 unspecified atom stereocenters. The van der Waals surface area contributed by atoms with Gasteiger partial charge >= 0.3 is 0 Å². The summed E-state index contributed by atoms with van der Waals surface area (Å²) >= 11 is 0. The van der Waals surface area contributed by atoms with Crippen molar-refractivity contribution >= 4 is 5.91 Å². The van der Waals surface area contributed by atoms with E-state index >= 15 is 0 Å². The Labute approximate surface area is 128 Å². The molecule has 1 aromatic carbocycles. The highest BCUT2D eigenvalue weighted by Crippen LogP contribution is 2.29. The summed E-state index contributed by atoms with van der Waals surface area (Å²) in [4.78, 5) is 11.9. The Morgan fingerprint density at radius 2 is 1.76 bits per heavy atom. The highest BCUT2D eigenvalue weighted by molar-refractivity contribution is 5.78. The molecule has 1 aliphatic carbocycles. The molecule has 1 aliphatic rings. The maximum Gasteiger partial charge on any atom is 0.224 e. The van der Waals surface area contributed by atoms with Crippen molar-refractivity contribution in [2.24, 2.45) is 17.6 Å². The second-order valence-electron chi connectivity index (χ2n) is 6.46. The number of nitrogens with two attached hydrogens (primary N) is 1. The van der Waals surface area contributed by atoms with Gasteiger partial charge in [-0.2, -0.15) is 0 Å². The number of carbonyl (C=O) groups is 1. The van der Waals surface area contributed by atoms with Crippen LogP contribution in [0.5, 0.6) is 0 Å². The van der Waals surface area contributed by atoms with Crippen molar-refractivity contribution < 1.29 is 4.79 Å². The molecule has 3 N–H and O–H groups in total. The molecule has 1 amide bonds. The first-order valence-electron chi connectivity index (χ1n) is 8.22. The van der Waals surface area contributed by atoms with Gasteiger partial charge in [-0.25, -0.2) is 0 Å². The maximum absolute atomic E-state index is 11.9. The zero-order chi connectivity index (χ0) is 15.1. The van der Waals surface area contributed by atoms with Crippen LogP contribution in [-0.4, -0.2) is 12.5 Å². The molecule has 1 saturated carbocycles. The molecule has 21 heavy (non-hydrogen) atoms. The van der Waals surface area contributed by atoms with E-state index in [1.165, 1.54) is 25.7 Å². The van der Waals surface area contributed by atoms with Crippen LogP contribution < -0.4 is 11.1 Å². The average molecular weight is 288 g/mol. The second-order valence-corrected chi connectivity index (χ2v) is 6.46. The Morgan fingerprint density at radius 1 is 1.14 bits per heavy atom. The SMILES string of the molecule is CC1CCC(CCNC(=O)Cc2ccc(CN)cc2)CC1. The van der Waals surface area contributed by atoms with Gasteiger partial charge in [0.25, 0.3) is 0 Å². The first-order chi connectivity index (χ1) is 10.2. The number of amides is 1. The van der Waals surface area contributed by atoms with Gasteiger partial charge in [-0.3, -0.25) is 4.79 Å². The van der Waals surface area contributed by atoms with Crippen LogP contribution in [0.25, 0.3) is 0 Å². The fourth-order valence-corrected chi connectivity index (χ4v) is 3.07. The predicted octanol–water partition coefficient (Wildman–Crippen LogP) is 3.02. The quantitative estimate of drug-likeness (QED) is 0.845. The zero-order valence-corrected chi connectivity index (χ0v) is 13.1. The minimum Gasteiger partial charge on any atom is -0.356 e. The maximum atomic E-state index is 11.9. The smallest absolute Gasteiger partial charge is 0.224 e. The second kappa shape index (κ2) is 8.18. The summed E-state index contributed by atoms with van der Waals surface area (Å²) in [6.45, 7) is 3.71. The zero-order valence-electron chi connectivity index (χ0n) is 13.1. The van der Waals surface area contributed by atoms with Crippen molar-refractivity contribution in [2.75, 3.05) is 6.54 Å². The number of rotatable bonds is 6. The lowest BCUT2D eigenvalue weighted by atomic mass is 9.81. The number of hydrogen-bond donors (Lipinski definition) is 2. The van der Waals surface area contributed by atoms with Crippen LogP contribution in [0.15, 0.2) is 24.3 Å². The van der Waals surface area contributed by atoms with Crippen molar-refractivity contribution in [2.45, 2.75) is 52.0 Å². The van der Waals surface area contributed by atoms with E-state index in [-0.39, 0.29) is 5.91 Å². The Balaban J connectivity index is 1.65. The molecule has 0 bridgehead atoms. The van der Waals surface area contributed by atoms with Crippen molar-refractivity contribution in [1.82, 2.24) is 5.32 Å². The summed E-state index contributed by atoms with van der Waals surface area (Å²) in [7, 11) is 0. The third-order valence-corrected chi connectivity index (χ3v) is 4.63. The molecule has 0 radical (unpaired) electrons. The van der Waals surface area contributed by atoms with Crippen molar-refractivity contribution in [3.05, 3.63) is 35.4 Å². The Hall–Kier alpha value is -1.35. The molecule has 0 spiro atoms. The van der Waals surface area contributed by atoms with E-state index < -0.39 is 0 Å². The molecule has 0 saturated heterocycles. The Kier molecular flexibility index (Phi) is 6.24. The summed E-state index contributed by atoms with van der Waals surface area (Å²) < 4.78 is 0. The molecule has 1 fully saturated rings. The van der Waals surface area contributed by atoms with Crippen LogP contribution >= 0.6 is 0 Å². The molecule has 3 nitrogen and oxygen atoms in total. The Morgan fingerprint density at radius 3 is 2.38 bits per heavy atom. The van der Waals surface area contributed by atoms with Gasteiger partial charge in [0.1, 0.15) is 0 Å². The van der Waals surface area contributed by atoms with Crippen LogP contribution in [0.3, 0.4) is 0 Å². The summed E-state index contributed by atoms with van der Waals surface area (Å²) in [6.07, 6.45) is 6.96. The number of benzene rings is 1. The molecule has 1 aromatic rings. The monoisotopic (exact) mass is 288 g/mol. The lowest BCUT2D eigenvalue weighted by molar-refractivity contribution is -0.120. The van der Waals surface area contributed by atoms with E-state index in [2.05, 4.69) is 12.2 Å². The molecule has 0 heterocycles. The number of hydrogen-bond acceptors (Lipinski definition) is 2. The summed E-state index contributed by atoms with van der Waals surface area (Å²) in [5, 5.41) is 3.05. The fourth-order valence-electron chi connectivity index (χ4n) is 3.07. The van der Waals surface area contributed by atoms with Gasteiger partial charge in [-0.05, 0) is 29.4 Å². The summed E-state index contributed by atoms with van der Waals surface area (Å²) in [5.41, 5.74) is 7.72. The number of nitrogens with one attached hydrogen (secondary N) is 1. The van der Waals surface area contributed by atoms with Gasteiger partial charge < -0.3 is 11.1 Å². The highest BCUT2D eigenvalue weighted by Gasteiger charge is 2.17. The lowest BCUT2D eigenvalue weighted by Crippen LogP contribution is -2.28. The van der Waals surface area contributed by atoms with Crippen LogP contribution in [0.1, 0.15) is 50.2 Å². The van der Waals surface area contributed by atoms with E-state index in [1.807, 2.05) is 24.3 Å². The van der Waals surface area contributed by atoms with Gasteiger partial charge in [0.15, 0.2) is 0 Å². The van der Waals surface area contributed by atoms with E-state index in [9.17, 15) is 4.79 Å². The molecule has 0 atom stereocenters. The molecule has 2 rings (SSSR count). The van der Waals surface area contributed by atoms with E-state index in [0.29, 0.717) is 13.0 Å². The van der Waals surface area contributed by atoms with E-state index in [4.69, 9.17) is 5.73 Å². The number of carbonyl (C=O) groups excluding carboxylic acids is 1. The molecule has 3 heteroatoms. The van der Waals surface area contributed by atoms with Crippen molar-refractivity contribution in [3.63, 3.8) is 0 Å². The lowest BCUT2D eigenvalue weighted by Gasteiger charge is -2.26. The van der Waals surface area contributed by atoms with Crippen LogP contribution in [0.4, 0.5) is 0 Å². The van der Waals surface area contributed by atoms with Crippen molar-refractivity contribution in [1.29, 1.82) is 0 Å². The van der Waals surface area contributed by atoms with E-state index in [0.717, 1.165) is 35.9 Å². The largest absolute Gasteiger partial charge is 0.356 e. The summed E-state index contributed by atoms with van der Waals surface area (Å²) in [5.74, 6) is 1.83. The molecule has 116 valence electrons. The first kappa shape index (κ1) is 16.0. The minimum absolute atomic E-state index is 0.125. The highest BCUT2D eigenvalue weighted by atomic mass is 16.1. The third-order valence-electron chi connectivity index (χ3n) is 4.63. The molecule has 0 aromatic heterocycles. The minimum atomic E-state index is 0.125. The van der Waals surface area contributed by atoms with Crippen molar-refractivity contribution in [3.8, 4) is 0 Å². The van der Waals surface area contributed by atoms with Gasteiger partial charge in [-0.15, -0.1) is 0 Å². The molecular weight excluding hydrogens is 260 g/mol. The van der Waals surface area contributed by atoms with Gasteiger partial charge in [0.2, 0.25) is 5.91 Å². The third kappa shape index (κ3) is 5.50. The van der Waals surface area contributed by atoms with Gasteiger partial charge in [-0.1, -0.05) is 56.9 Å². The average Bonchev–Trinajstić information content (AvgIpc) is 2.50. The molecule has 0 aliphatic heterocycles. The molecular formula is C18H28N2O. The van der Waals surface area contributed by atoms with E-state index in [1.54, 1.807) is 0 Å².